The second kappa shape index (κ2) is 8.14. The van der Waals surface area contributed by atoms with Gasteiger partial charge in [-0.05, 0) is 19.4 Å². The summed E-state index contributed by atoms with van der Waals surface area (Å²) in [6, 6.07) is 4.12. The third kappa shape index (κ3) is 4.56. The fourth-order valence-electron chi connectivity index (χ4n) is 2.00. The molecule has 0 heterocycles. The number of benzene rings is 1. The van der Waals surface area contributed by atoms with E-state index < -0.39 is 11.0 Å². The summed E-state index contributed by atoms with van der Waals surface area (Å²) in [6.45, 7) is 7.34. The van der Waals surface area contributed by atoms with Crippen molar-refractivity contribution >= 4 is 11.7 Å². The van der Waals surface area contributed by atoms with Gasteiger partial charge in [-0.3, -0.25) is 10.1 Å². The number of hydrogen-bond donors (Lipinski definition) is 2. The van der Waals surface area contributed by atoms with Crippen molar-refractivity contribution in [3.8, 4) is 0 Å². The van der Waals surface area contributed by atoms with Crippen LogP contribution in [0.4, 0.5) is 10.5 Å². The smallest absolute Gasteiger partial charge is 0.318 e. The molecule has 2 amide bonds. The zero-order valence-corrected chi connectivity index (χ0v) is 12.8. The van der Waals surface area contributed by atoms with E-state index in [1.165, 1.54) is 11.0 Å². The summed E-state index contributed by atoms with van der Waals surface area (Å²) >= 11 is 0. The molecule has 7 heteroatoms. The zero-order chi connectivity index (χ0) is 16.7. The number of aliphatic hydroxyl groups excluding tert-OH is 1. The molecule has 2 N–H and O–H groups in total. The molecular formula is C15H21N3O4. The fraction of sp³-hybridized carbons (Fsp3) is 0.400. The molecule has 1 rings (SSSR count). The van der Waals surface area contributed by atoms with Crippen molar-refractivity contribution in [2.24, 2.45) is 0 Å². The first-order chi connectivity index (χ1) is 10.4. The molecule has 0 saturated carbocycles. The van der Waals surface area contributed by atoms with E-state index >= 15 is 0 Å². The molecule has 1 aromatic rings. The molecule has 0 spiro atoms. The van der Waals surface area contributed by atoms with Crippen LogP contribution in [0.2, 0.25) is 0 Å². The Morgan fingerprint density at radius 2 is 2.27 bits per heavy atom. The Morgan fingerprint density at radius 1 is 1.59 bits per heavy atom. The van der Waals surface area contributed by atoms with E-state index in [1.54, 1.807) is 32.1 Å². The molecule has 0 aromatic heterocycles. The molecule has 0 aliphatic rings. The van der Waals surface area contributed by atoms with E-state index in [0.717, 1.165) is 0 Å². The van der Waals surface area contributed by atoms with Gasteiger partial charge in [0.25, 0.3) is 5.69 Å². The van der Waals surface area contributed by atoms with Crippen molar-refractivity contribution in [3.63, 3.8) is 0 Å². The third-order valence-corrected chi connectivity index (χ3v) is 3.28. The van der Waals surface area contributed by atoms with Crippen LogP contribution in [0.15, 0.2) is 30.9 Å². The minimum Gasteiger partial charge on any atom is -0.395 e. The lowest BCUT2D eigenvalue weighted by Gasteiger charge is -2.23. The van der Waals surface area contributed by atoms with E-state index in [9.17, 15) is 14.9 Å². The average molecular weight is 307 g/mol. The number of amides is 2. The Morgan fingerprint density at radius 3 is 2.82 bits per heavy atom. The topological polar surface area (TPSA) is 95.7 Å². The quantitative estimate of drug-likeness (QED) is 0.458. The number of aryl methyl sites for hydroxylation is 1. The van der Waals surface area contributed by atoms with E-state index in [1.807, 2.05) is 0 Å². The Balaban J connectivity index is 2.85. The van der Waals surface area contributed by atoms with Gasteiger partial charge in [0, 0.05) is 24.7 Å². The number of hydrogen-bond acceptors (Lipinski definition) is 4. The second-order valence-corrected chi connectivity index (χ2v) is 4.93. The summed E-state index contributed by atoms with van der Waals surface area (Å²) in [5.74, 6) is 0. The van der Waals surface area contributed by atoms with Crippen LogP contribution >= 0.6 is 0 Å². The van der Waals surface area contributed by atoms with Crippen LogP contribution in [-0.4, -0.2) is 40.7 Å². The molecule has 0 aliphatic carbocycles. The number of rotatable bonds is 7. The van der Waals surface area contributed by atoms with Crippen LogP contribution in [0.25, 0.3) is 0 Å². The standard InChI is InChI=1S/C15H21N3O4/c1-4-7-17(8-9-19)15(20)16-12(3)13-6-5-11(2)14(10-13)18(21)22/h4-6,10,12,19H,1,7-9H2,2-3H3,(H,16,20). The highest BCUT2D eigenvalue weighted by Crippen LogP contribution is 2.23. The summed E-state index contributed by atoms with van der Waals surface area (Å²) in [6.07, 6.45) is 1.57. The van der Waals surface area contributed by atoms with Crippen LogP contribution in [0, 0.1) is 17.0 Å². The van der Waals surface area contributed by atoms with Crippen LogP contribution in [0.1, 0.15) is 24.1 Å². The normalized spacial score (nSPS) is 11.6. The van der Waals surface area contributed by atoms with Crippen molar-refractivity contribution in [2.45, 2.75) is 19.9 Å². The van der Waals surface area contributed by atoms with Gasteiger partial charge in [0.05, 0.1) is 17.6 Å². The lowest BCUT2D eigenvalue weighted by Crippen LogP contribution is -2.42. The maximum absolute atomic E-state index is 12.1. The van der Waals surface area contributed by atoms with Gasteiger partial charge >= 0.3 is 6.03 Å². The Labute approximate surface area is 129 Å². The highest BCUT2D eigenvalue weighted by molar-refractivity contribution is 5.75. The third-order valence-electron chi connectivity index (χ3n) is 3.28. The summed E-state index contributed by atoms with van der Waals surface area (Å²) in [5, 5.41) is 22.7. The first-order valence-electron chi connectivity index (χ1n) is 6.92. The van der Waals surface area contributed by atoms with Gasteiger partial charge in [0.2, 0.25) is 0 Å². The van der Waals surface area contributed by atoms with Crippen molar-refractivity contribution in [1.82, 2.24) is 10.2 Å². The molecule has 0 saturated heterocycles. The Hall–Kier alpha value is -2.41. The van der Waals surface area contributed by atoms with E-state index in [4.69, 9.17) is 5.11 Å². The lowest BCUT2D eigenvalue weighted by molar-refractivity contribution is -0.385. The van der Waals surface area contributed by atoms with Gasteiger partial charge in [0.1, 0.15) is 0 Å². The molecule has 0 radical (unpaired) electrons. The van der Waals surface area contributed by atoms with E-state index in [-0.39, 0.29) is 24.9 Å². The molecule has 0 aliphatic heterocycles. The van der Waals surface area contributed by atoms with Gasteiger partial charge in [-0.15, -0.1) is 6.58 Å². The summed E-state index contributed by atoms with van der Waals surface area (Å²) in [7, 11) is 0. The number of nitrogens with one attached hydrogen (secondary N) is 1. The number of nitro benzene ring substituents is 1. The van der Waals surface area contributed by atoms with Crippen LogP contribution in [-0.2, 0) is 0 Å². The Kier molecular flexibility index (Phi) is 6.52. The number of nitro groups is 1. The van der Waals surface area contributed by atoms with Crippen molar-refractivity contribution in [3.05, 3.63) is 52.1 Å². The molecule has 120 valence electrons. The molecule has 7 nitrogen and oxygen atoms in total. The molecule has 0 fully saturated rings. The van der Waals surface area contributed by atoms with Crippen LogP contribution < -0.4 is 5.32 Å². The average Bonchev–Trinajstić information content (AvgIpc) is 2.46. The maximum atomic E-state index is 12.1. The van der Waals surface area contributed by atoms with Crippen LogP contribution in [0.3, 0.4) is 0 Å². The molecule has 22 heavy (non-hydrogen) atoms. The molecule has 1 atom stereocenters. The SMILES string of the molecule is C=CCN(CCO)C(=O)NC(C)c1ccc(C)c([N+](=O)[O-])c1. The molecule has 1 aromatic carbocycles. The molecular weight excluding hydrogens is 286 g/mol. The number of carbonyl (C=O) groups excluding carboxylic acids is 1. The van der Waals surface area contributed by atoms with E-state index in [0.29, 0.717) is 17.7 Å². The van der Waals surface area contributed by atoms with Crippen molar-refractivity contribution in [1.29, 1.82) is 0 Å². The molecule has 1 unspecified atom stereocenters. The predicted octanol–water partition coefficient (Wildman–Crippen LogP) is 2.15. The molecule has 0 bridgehead atoms. The monoisotopic (exact) mass is 307 g/mol. The summed E-state index contributed by atoms with van der Waals surface area (Å²) < 4.78 is 0. The van der Waals surface area contributed by atoms with E-state index in [2.05, 4.69) is 11.9 Å². The summed E-state index contributed by atoms with van der Waals surface area (Å²) in [4.78, 5) is 24.1. The highest BCUT2D eigenvalue weighted by Gasteiger charge is 2.18. The Bertz CT molecular complexity index is 560. The van der Waals surface area contributed by atoms with Crippen LogP contribution in [0.5, 0.6) is 0 Å². The highest BCUT2D eigenvalue weighted by atomic mass is 16.6. The predicted molar refractivity (Wildman–Crippen MR) is 83.6 cm³/mol. The first-order valence-corrected chi connectivity index (χ1v) is 6.92. The number of aliphatic hydroxyl groups is 1. The minimum atomic E-state index is -0.441. The zero-order valence-electron chi connectivity index (χ0n) is 12.8. The van der Waals surface area contributed by atoms with Gasteiger partial charge in [-0.25, -0.2) is 4.79 Å². The van der Waals surface area contributed by atoms with Gasteiger partial charge in [-0.2, -0.15) is 0 Å². The van der Waals surface area contributed by atoms with Crippen molar-refractivity contribution in [2.75, 3.05) is 19.7 Å². The number of carbonyl (C=O) groups is 1. The fourth-order valence-corrected chi connectivity index (χ4v) is 2.00. The van der Waals surface area contributed by atoms with Gasteiger partial charge < -0.3 is 15.3 Å². The van der Waals surface area contributed by atoms with Gasteiger partial charge in [-0.1, -0.05) is 18.2 Å². The van der Waals surface area contributed by atoms with Crippen molar-refractivity contribution < 1.29 is 14.8 Å². The second-order valence-electron chi connectivity index (χ2n) is 4.93. The summed E-state index contributed by atoms with van der Waals surface area (Å²) in [5.41, 5.74) is 1.24. The number of nitrogens with zero attached hydrogens (tertiary/aromatic N) is 2. The minimum absolute atomic E-state index is 0.0249. The largest absolute Gasteiger partial charge is 0.395 e. The number of urea groups is 1. The maximum Gasteiger partial charge on any atom is 0.318 e. The first kappa shape index (κ1) is 17.6. The van der Waals surface area contributed by atoms with Gasteiger partial charge in [0.15, 0.2) is 0 Å². The lowest BCUT2D eigenvalue weighted by atomic mass is 10.0.